The van der Waals surface area contributed by atoms with Gasteiger partial charge in [-0.25, -0.2) is 9.78 Å². The Kier molecular flexibility index (Phi) is 4.34. The van der Waals surface area contributed by atoms with Gasteiger partial charge in [0.05, 0.1) is 15.8 Å². The third kappa shape index (κ3) is 3.21. The van der Waals surface area contributed by atoms with Crippen LogP contribution in [0.2, 0.25) is 0 Å². The van der Waals surface area contributed by atoms with Crippen molar-refractivity contribution in [3.05, 3.63) is 82.8 Å². The number of esters is 1. The lowest BCUT2D eigenvalue weighted by atomic mass is 10.1. The van der Waals surface area contributed by atoms with Crippen molar-refractivity contribution in [1.82, 2.24) is 4.98 Å². The molecule has 1 heterocycles. The fraction of sp³-hybridized carbons (Fsp3) is 0. The van der Waals surface area contributed by atoms with E-state index in [4.69, 9.17) is 4.74 Å². The highest BCUT2D eigenvalue weighted by Crippen LogP contribution is 2.37. The van der Waals surface area contributed by atoms with Gasteiger partial charge in [-0.1, -0.05) is 52.3 Å². The van der Waals surface area contributed by atoms with Crippen LogP contribution in [0.3, 0.4) is 0 Å². The van der Waals surface area contributed by atoms with E-state index in [9.17, 15) is 4.79 Å². The molecule has 5 heteroatoms. The summed E-state index contributed by atoms with van der Waals surface area (Å²) in [5.41, 5.74) is 2.16. The SMILES string of the molecule is O=C(Oc1ccccc1)c1cccc(Br)c1-c1nc2ccccc2s1. The zero-order valence-electron chi connectivity index (χ0n) is 13.0. The highest BCUT2D eigenvalue weighted by molar-refractivity contribution is 9.10. The maximum atomic E-state index is 12.7. The molecular formula is C20H12BrNO2S. The number of ether oxygens (including phenoxy) is 1. The average Bonchev–Trinajstić information content (AvgIpc) is 3.06. The summed E-state index contributed by atoms with van der Waals surface area (Å²) in [5.74, 6) is 0.115. The lowest BCUT2D eigenvalue weighted by Gasteiger charge is -2.09. The van der Waals surface area contributed by atoms with Crippen LogP contribution in [0.5, 0.6) is 5.75 Å². The van der Waals surface area contributed by atoms with E-state index in [1.165, 1.54) is 0 Å². The lowest BCUT2D eigenvalue weighted by Crippen LogP contribution is -2.10. The zero-order chi connectivity index (χ0) is 17.2. The van der Waals surface area contributed by atoms with Gasteiger partial charge in [0.2, 0.25) is 0 Å². The Bertz CT molecular complexity index is 1030. The number of aromatic nitrogens is 1. The minimum Gasteiger partial charge on any atom is -0.423 e. The Balaban J connectivity index is 1.79. The number of nitrogens with zero attached hydrogens (tertiary/aromatic N) is 1. The fourth-order valence-electron chi connectivity index (χ4n) is 2.54. The van der Waals surface area contributed by atoms with E-state index in [1.807, 2.05) is 54.6 Å². The van der Waals surface area contributed by atoms with Gasteiger partial charge in [-0.2, -0.15) is 0 Å². The molecule has 0 aliphatic heterocycles. The Labute approximate surface area is 157 Å². The molecule has 4 aromatic rings. The number of benzene rings is 3. The van der Waals surface area contributed by atoms with Gasteiger partial charge in [0.25, 0.3) is 0 Å². The summed E-state index contributed by atoms with van der Waals surface area (Å²) in [7, 11) is 0. The minimum atomic E-state index is -0.401. The first-order valence-corrected chi connectivity index (χ1v) is 9.25. The quantitative estimate of drug-likeness (QED) is 0.310. The highest BCUT2D eigenvalue weighted by atomic mass is 79.9. The topological polar surface area (TPSA) is 39.2 Å². The fourth-order valence-corrected chi connectivity index (χ4v) is 4.27. The molecule has 0 saturated heterocycles. The van der Waals surface area contributed by atoms with Crippen molar-refractivity contribution in [3.8, 4) is 16.3 Å². The third-order valence-corrected chi connectivity index (χ3v) is 5.41. The standard InChI is InChI=1S/C20H12BrNO2S/c21-15-10-6-9-14(20(23)24-13-7-2-1-3-8-13)18(15)19-22-16-11-4-5-12-17(16)25-19/h1-12H. The van der Waals surface area contributed by atoms with E-state index < -0.39 is 5.97 Å². The molecule has 0 aliphatic rings. The van der Waals surface area contributed by atoms with Gasteiger partial charge in [0.1, 0.15) is 10.8 Å². The van der Waals surface area contributed by atoms with Crippen molar-refractivity contribution in [1.29, 1.82) is 0 Å². The van der Waals surface area contributed by atoms with Crippen LogP contribution in [0.25, 0.3) is 20.8 Å². The summed E-state index contributed by atoms with van der Waals surface area (Å²) in [6.45, 7) is 0. The van der Waals surface area contributed by atoms with E-state index in [1.54, 1.807) is 29.5 Å². The molecule has 0 atom stereocenters. The molecule has 0 bridgehead atoms. The monoisotopic (exact) mass is 409 g/mol. The van der Waals surface area contributed by atoms with E-state index in [-0.39, 0.29) is 0 Å². The van der Waals surface area contributed by atoms with E-state index in [0.717, 1.165) is 25.3 Å². The normalized spacial score (nSPS) is 10.8. The summed E-state index contributed by atoms with van der Waals surface area (Å²) < 4.78 is 7.40. The highest BCUT2D eigenvalue weighted by Gasteiger charge is 2.20. The van der Waals surface area contributed by atoms with Gasteiger partial charge < -0.3 is 4.74 Å². The van der Waals surface area contributed by atoms with Crippen molar-refractivity contribution in [2.24, 2.45) is 0 Å². The summed E-state index contributed by atoms with van der Waals surface area (Å²) in [4.78, 5) is 17.4. The molecule has 0 saturated carbocycles. The predicted molar refractivity (Wildman–Crippen MR) is 104 cm³/mol. The van der Waals surface area contributed by atoms with Crippen molar-refractivity contribution in [3.63, 3.8) is 0 Å². The van der Waals surface area contributed by atoms with Gasteiger partial charge in [0.15, 0.2) is 0 Å². The number of hydrogen-bond acceptors (Lipinski definition) is 4. The first kappa shape index (κ1) is 16.0. The van der Waals surface area contributed by atoms with Crippen molar-refractivity contribution in [2.75, 3.05) is 0 Å². The van der Waals surface area contributed by atoms with E-state index in [2.05, 4.69) is 20.9 Å². The number of fused-ring (bicyclic) bond motifs is 1. The number of carbonyl (C=O) groups excluding carboxylic acids is 1. The zero-order valence-corrected chi connectivity index (χ0v) is 15.4. The predicted octanol–water partition coefficient (Wildman–Crippen LogP) is 5.95. The molecule has 0 unspecified atom stereocenters. The summed E-state index contributed by atoms with van der Waals surface area (Å²) >= 11 is 5.11. The summed E-state index contributed by atoms with van der Waals surface area (Å²) in [6.07, 6.45) is 0. The van der Waals surface area contributed by atoms with Crippen molar-refractivity contribution in [2.45, 2.75) is 0 Å². The Morgan fingerprint density at radius 2 is 1.68 bits per heavy atom. The summed E-state index contributed by atoms with van der Waals surface area (Å²) in [5, 5.41) is 0.786. The maximum absolute atomic E-state index is 12.7. The van der Waals surface area contributed by atoms with Crippen LogP contribution in [-0.4, -0.2) is 11.0 Å². The molecule has 0 spiro atoms. The molecule has 0 radical (unpaired) electrons. The number of thiazole rings is 1. The lowest BCUT2D eigenvalue weighted by molar-refractivity contribution is 0.0735. The Morgan fingerprint density at radius 3 is 2.48 bits per heavy atom. The van der Waals surface area contributed by atoms with Crippen LogP contribution in [0.15, 0.2) is 77.3 Å². The maximum Gasteiger partial charge on any atom is 0.344 e. The number of halogens is 1. The van der Waals surface area contributed by atoms with Gasteiger partial charge in [-0.05, 0) is 36.4 Å². The first-order chi connectivity index (χ1) is 12.2. The van der Waals surface area contributed by atoms with Gasteiger partial charge in [-0.3, -0.25) is 0 Å². The van der Waals surface area contributed by atoms with Gasteiger partial charge in [0, 0.05) is 10.0 Å². The first-order valence-electron chi connectivity index (χ1n) is 7.64. The molecule has 0 N–H and O–H groups in total. The second-order valence-corrected chi connectivity index (χ2v) is 7.24. The average molecular weight is 410 g/mol. The largest absolute Gasteiger partial charge is 0.423 e. The van der Waals surface area contributed by atoms with Crippen LogP contribution in [0.1, 0.15) is 10.4 Å². The van der Waals surface area contributed by atoms with E-state index >= 15 is 0 Å². The van der Waals surface area contributed by atoms with Crippen LogP contribution < -0.4 is 4.74 Å². The number of carbonyl (C=O) groups is 1. The van der Waals surface area contributed by atoms with Crippen molar-refractivity contribution >= 4 is 43.5 Å². The molecular weight excluding hydrogens is 398 g/mol. The number of rotatable bonds is 3. The molecule has 4 rings (SSSR count). The molecule has 122 valence electrons. The van der Waals surface area contributed by atoms with Crippen LogP contribution in [0, 0.1) is 0 Å². The molecule has 0 fully saturated rings. The minimum absolute atomic E-state index is 0.401. The molecule has 25 heavy (non-hydrogen) atoms. The molecule has 3 aromatic carbocycles. The second-order valence-electron chi connectivity index (χ2n) is 5.35. The number of para-hydroxylation sites is 2. The third-order valence-electron chi connectivity index (χ3n) is 3.70. The Hall–Kier alpha value is -2.50. The van der Waals surface area contributed by atoms with Crippen molar-refractivity contribution < 1.29 is 9.53 Å². The second kappa shape index (κ2) is 6.78. The summed E-state index contributed by atoms with van der Waals surface area (Å²) in [6, 6.07) is 22.5. The Morgan fingerprint density at radius 1 is 0.920 bits per heavy atom. The molecule has 3 nitrogen and oxygen atoms in total. The van der Waals surface area contributed by atoms with Gasteiger partial charge in [-0.15, -0.1) is 11.3 Å². The van der Waals surface area contributed by atoms with Crippen LogP contribution >= 0.6 is 27.3 Å². The van der Waals surface area contributed by atoms with E-state index in [0.29, 0.717) is 11.3 Å². The molecule has 0 aliphatic carbocycles. The van der Waals surface area contributed by atoms with Crippen LogP contribution in [-0.2, 0) is 0 Å². The molecule has 1 aromatic heterocycles. The molecule has 0 amide bonds. The number of hydrogen-bond donors (Lipinski definition) is 0. The smallest absolute Gasteiger partial charge is 0.344 e. The van der Waals surface area contributed by atoms with Crippen LogP contribution in [0.4, 0.5) is 0 Å². The van der Waals surface area contributed by atoms with Gasteiger partial charge >= 0.3 is 5.97 Å².